The molecule has 0 radical (unpaired) electrons. The Bertz CT molecular complexity index is 693. The van der Waals surface area contributed by atoms with Gasteiger partial charge in [-0.15, -0.1) is 0 Å². The third-order valence-electron chi connectivity index (χ3n) is 4.43. The van der Waals surface area contributed by atoms with E-state index in [0.717, 1.165) is 22.3 Å². The highest BCUT2D eigenvalue weighted by molar-refractivity contribution is 5.91. The van der Waals surface area contributed by atoms with Crippen LogP contribution in [-0.2, 0) is 9.53 Å². The molecule has 0 bridgehead atoms. The van der Waals surface area contributed by atoms with E-state index in [2.05, 4.69) is 10.3 Å². The van der Waals surface area contributed by atoms with E-state index >= 15 is 0 Å². The number of nitrogens with zero attached hydrogens (tertiary/aromatic N) is 1. The first kappa shape index (κ1) is 14.8. The van der Waals surface area contributed by atoms with E-state index in [9.17, 15) is 4.79 Å². The second-order valence-corrected chi connectivity index (χ2v) is 5.94. The Kier molecular flexibility index (Phi) is 3.98. The number of ether oxygens (including phenoxy) is 1. The number of anilines is 1. The zero-order valence-corrected chi connectivity index (χ0v) is 12.8. The van der Waals surface area contributed by atoms with Crippen molar-refractivity contribution in [3.63, 3.8) is 0 Å². The molecule has 116 valence electrons. The van der Waals surface area contributed by atoms with E-state index in [-0.39, 0.29) is 5.91 Å². The van der Waals surface area contributed by atoms with E-state index in [1.807, 2.05) is 37.3 Å². The number of para-hydroxylation sites is 1. The molecule has 1 aromatic carbocycles. The Balaban J connectivity index is 1.88. The Morgan fingerprint density at radius 2 is 2.09 bits per heavy atom. The van der Waals surface area contributed by atoms with Crippen LogP contribution >= 0.6 is 0 Å². The molecule has 1 amide bonds. The predicted octanol–water partition coefficient (Wildman–Crippen LogP) is 2.24. The minimum Gasteiger partial charge on any atom is -0.383 e. The predicted molar refractivity (Wildman–Crippen MR) is 86.7 cm³/mol. The molecule has 22 heavy (non-hydrogen) atoms. The van der Waals surface area contributed by atoms with E-state index in [1.165, 1.54) is 0 Å². The smallest absolute Gasteiger partial charge is 0.225 e. The Morgan fingerprint density at radius 3 is 2.82 bits per heavy atom. The topological polar surface area (TPSA) is 77.2 Å². The molecular weight excluding hydrogens is 278 g/mol. The number of amides is 1. The number of hydrogen-bond donors (Lipinski definition) is 2. The second-order valence-electron chi connectivity index (χ2n) is 5.94. The van der Waals surface area contributed by atoms with Gasteiger partial charge in [0.15, 0.2) is 0 Å². The molecule has 5 nitrogen and oxygen atoms in total. The standard InChI is InChI=1S/C17H21N3O2/c1-12-10-15(13-4-2-3-5-14(13)20-12)19-11-17(16(18)21)6-8-22-9-7-17/h2-5,10H,6-9,11H2,1H3,(H2,18,21)(H,19,20). The fraction of sp³-hybridized carbons (Fsp3) is 0.412. The summed E-state index contributed by atoms with van der Waals surface area (Å²) in [5.41, 5.74) is 8.02. The van der Waals surface area contributed by atoms with Gasteiger partial charge in [0.2, 0.25) is 5.91 Å². The molecule has 0 aliphatic carbocycles. The number of carbonyl (C=O) groups excluding carboxylic acids is 1. The Hall–Kier alpha value is -2.14. The summed E-state index contributed by atoms with van der Waals surface area (Å²) in [6.45, 7) is 3.66. The summed E-state index contributed by atoms with van der Waals surface area (Å²) >= 11 is 0. The summed E-state index contributed by atoms with van der Waals surface area (Å²) in [6.07, 6.45) is 1.33. The number of hydrogen-bond acceptors (Lipinski definition) is 4. The molecule has 1 aromatic heterocycles. The van der Waals surface area contributed by atoms with Gasteiger partial charge in [-0.05, 0) is 31.9 Å². The van der Waals surface area contributed by atoms with Gasteiger partial charge in [0.1, 0.15) is 0 Å². The maximum Gasteiger partial charge on any atom is 0.225 e. The number of pyridine rings is 1. The van der Waals surface area contributed by atoms with Gasteiger partial charge in [-0.25, -0.2) is 0 Å². The Morgan fingerprint density at radius 1 is 1.36 bits per heavy atom. The quantitative estimate of drug-likeness (QED) is 0.907. The first-order valence-corrected chi connectivity index (χ1v) is 7.59. The van der Waals surface area contributed by atoms with Gasteiger partial charge in [0.25, 0.3) is 0 Å². The highest BCUT2D eigenvalue weighted by atomic mass is 16.5. The van der Waals surface area contributed by atoms with Crippen LogP contribution in [0.15, 0.2) is 30.3 Å². The van der Waals surface area contributed by atoms with Crippen LogP contribution in [0.5, 0.6) is 0 Å². The summed E-state index contributed by atoms with van der Waals surface area (Å²) in [7, 11) is 0. The van der Waals surface area contributed by atoms with Gasteiger partial charge in [0, 0.05) is 36.5 Å². The first-order valence-electron chi connectivity index (χ1n) is 7.59. The molecule has 0 spiro atoms. The SMILES string of the molecule is Cc1cc(NCC2(C(N)=O)CCOCC2)c2ccccc2n1. The van der Waals surface area contributed by atoms with Crippen molar-refractivity contribution in [1.29, 1.82) is 0 Å². The van der Waals surface area contributed by atoms with Crippen LogP contribution in [0.25, 0.3) is 10.9 Å². The molecule has 1 fully saturated rings. The summed E-state index contributed by atoms with van der Waals surface area (Å²) < 4.78 is 5.37. The fourth-order valence-electron chi connectivity index (χ4n) is 2.99. The monoisotopic (exact) mass is 299 g/mol. The number of aryl methyl sites for hydroxylation is 1. The fourth-order valence-corrected chi connectivity index (χ4v) is 2.99. The lowest BCUT2D eigenvalue weighted by atomic mass is 9.79. The van der Waals surface area contributed by atoms with Gasteiger partial charge >= 0.3 is 0 Å². The third kappa shape index (κ3) is 2.76. The molecule has 3 rings (SSSR count). The van der Waals surface area contributed by atoms with E-state index in [4.69, 9.17) is 10.5 Å². The largest absolute Gasteiger partial charge is 0.383 e. The number of aromatic nitrogens is 1. The van der Waals surface area contributed by atoms with Gasteiger partial charge in [-0.3, -0.25) is 9.78 Å². The lowest BCUT2D eigenvalue weighted by molar-refractivity contribution is -0.132. The average Bonchev–Trinajstić information content (AvgIpc) is 2.53. The van der Waals surface area contributed by atoms with Crippen molar-refractivity contribution in [2.75, 3.05) is 25.1 Å². The van der Waals surface area contributed by atoms with Gasteiger partial charge in [-0.2, -0.15) is 0 Å². The van der Waals surface area contributed by atoms with Crippen molar-refractivity contribution in [1.82, 2.24) is 4.98 Å². The van der Waals surface area contributed by atoms with Crippen molar-refractivity contribution in [3.8, 4) is 0 Å². The molecule has 3 N–H and O–H groups in total. The van der Waals surface area contributed by atoms with Crippen molar-refractivity contribution in [2.45, 2.75) is 19.8 Å². The van der Waals surface area contributed by atoms with Crippen LogP contribution in [0.1, 0.15) is 18.5 Å². The number of carbonyl (C=O) groups is 1. The molecule has 1 aliphatic heterocycles. The van der Waals surface area contributed by atoms with Crippen LogP contribution in [-0.4, -0.2) is 30.6 Å². The molecule has 0 unspecified atom stereocenters. The van der Waals surface area contributed by atoms with E-state index in [1.54, 1.807) is 0 Å². The lowest BCUT2D eigenvalue weighted by Crippen LogP contribution is -2.46. The highest BCUT2D eigenvalue weighted by Gasteiger charge is 2.38. The molecular formula is C17H21N3O2. The highest BCUT2D eigenvalue weighted by Crippen LogP contribution is 2.32. The summed E-state index contributed by atoms with van der Waals surface area (Å²) in [5.74, 6) is -0.251. The van der Waals surface area contributed by atoms with Crippen LogP contribution in [0.2, 0.25) is 0 Å². The number of nitrogens with two attached hydrogens (primary N) is 1. The van der Waals surface area contributed by atoms with Crippen LogP contribution in [0.3, 0.4) is 0 Å². The lowest BCUT2D eigenvalue weighted by Gasteiger charge is -2.34. The normalized spacial score (nSPS) is 17.3. The number of rotatable bonds is 4. The van der Waals surface area contributed by atoms with Crippen LogP contribution < -0.4 is 11.1 Å². The van der Waals surface area contributed by atoms with Crippen molar-refractivity contribution in [3.05, 3.63) is 36.0 Å². The van der Waals surface area contributed by atoms with Crippen molar-refractivity contribution < 1.29 is 9.53 Å². The zero-order valence-electron chi connectivity index (χ0n) is 12.8. The first-order chi connectivity index (χ1) is 10.6. The van der Waals surface area contributed by atoms with Gasteiger partial charge in [-0.1, -0.05) is 18.2 Å². The van der Waals surface area contributed by atoms with Crippen LogP contribution in [0.4, 0.5) is 5.69 Å². The number of benzene rings is 1. The summed E-state index contributed by atoms with van der Waals surface area (Å²) in [6, 6.07) is 10.00. The number of fused-ring (bicyclic) bond motifs is 1. The van der Waals surface area contributed by atoms with E-state index in [0.29, 0.717) is 32.6 Å². The minimum atomic E-state index is -0.531. The van der Waals surface area contributed by atoms with Gasteiger partial charge in [0.05, 0.1) is 10.9 Å². The maximum atomic E-state index is 11.9. The second kappa shape index (κ2) is 5.93. The minimum absolute atomic E-state index is 0.251. The molecule has 0 atom stereocenters. The molecule has 1 saturated heterocycles. The number of nitrogens with one attached hydrogen (secondary N) is 1. The summed E-state index contributed by atoms with van der Waals surface area (Å²) in [4.78, 5) is 16.5. The Labute approximate surface area is 129 Å². The molecule has 2 aromatic rings. The zero-order chi connectivity index (χ0) is 15.6. The molecule has 0 saturated carbocycles. The maximum absolute atomic E-state index is 11.9. The van der Waals surface area contributed by atoms with Crippen LogP contribution in [0, 0.1) is 12.3 Å². The van der Waals surface area contributed by atoms with Crippen molar-refractivity contribution in [2.24, 2.45) is 11.1 Å². The number of primary amides is 1. The summed E-state index contributed by atoms with van der Waals surface area (Å²) in [5, 5.41) is 4.48. The average molecular weight is 299 g/mol. The molecule has 1 aliphatic rings. The molecule has 5 heteroatoms. The third-order valence-corrected chi connectivity index (χ3v) is 4.43. The van der Waals surface area contributed by atoms with Crippen molar-refractivity contribution >= 4 is 22.5 Å². The molecule has 2 heterocycles. The van der Waals surface area contributed by atoms with Gasteiger partial charge < -0.3 is 15.8 Å². The van der Waals surface area contributed by atoms with E-state index < -0.39 is 5.41 Å².